The van der Waals surface area contributed by atoms with Crippen LogP contribution in [0.25, 0.3) is 0 Å². The van der Waals surface area contributed by atoms with Crippen molar-refractivity contribution in [2.45, 2.75) is 31.7 Å². The number of hydrogen-bond donors (Lipinski definition) is 1. The van der Waals surface area contributed by atoms with Gasteiger partial charge in [0.05, 0.1) is 0 Å². The fraction of sp³-hybridized carbons (Fsp3) is 0.583. The molecule has 5 heteroatoms. The highest BCUT2D eigenvalue weighted by Gasteiger charge is 2.37. The molecule has 2 saturated carbocycles. The lowest BCUT2D eigenvalue weighted by Gasteiger charge is -2.21. The van der Waals surface area contributed by atoms with Gasteiger partial charge >= 0.3 is 0 Å². The molecule has 0 saturated heterocycles. The summed E-state index contributed by atoms with van der Waals surface area (Å²) in [6, 6.07) is 3.25. The highest BCUT2D eigenvalue weighted by atomic mass is 16.2. The van der Waals surface area contributed by atoms with Crippen LogP contribution in [0.3, 0.4) is 0 Å². The Balaban J connectivity index is 1.77. The fourth-order valence-electron chi connectivity index (χ4n) is 1.97. The summed E-state index contributed by atoms with van der Waals surface area (Å²) in [6.45, 7) is 0.851. The zero-order chi connectivity index (χ0) is 11.8. The first-order valence-corrected chi connectivity index (χ1v) is 6.11. The number of aromatic nitrogens is 2. The number of amides is 1. The molecule has 0 unspecified atom stereocenters. The van der Waals surface area contributed by atoms with Crippen molar-refractivity contribution in [1.82, 2.24) is 15.1 Å². The van der Waals surface area contributed by atoms with E-state index in [1.165, 1.54) is 25.0 Å². The number of aromatic amines is 1. The molecule has 0 atom stereocenters. The summed E-state index contributed by atoms with van der Waals surface area (Å²) in [5, 5.41) is 6.12. The maximum atomic E-state index is 12.2. The third kappa shape index (κ3) is 2.38. The molecule has 2 aliphatic rings. The average Bonchev–Trinajstić information content (AvgIpc) is 3.18. The van der Waals surface area contributed by atoms with Crippen LogP contribution in [0.4, 0.5) is 0 Å². The number of rotatable bonds is 4. The van der Waals surface area contributed by atoms with Crippen molar-refractivity contribution in [1.29, 1.82) is 0 Å². The Hall–Kier alpha value is -1.65. The van der Waals surface area contributed by atoms with Gasteiger partial charge in [0.1, 0.15) is 5.69 Å². The largest absolute Gasteiger partial charge is 0.334 e. The lowest BCUT2D eigenvalue weighted by atomic mass is 10.3. The standard InChI is InChI=1S/C12H15N3O2/c16-11-6-5-10(13-14-11)12(17)15(9-3-4-9)7-8-1-2-8/h5-6,8-9H,1-4,7H2,(H,14,16). The molecule has 2 fully saturated rings. The third-order valence-electron chi connectivity index (χ3n) is 3.30. The maximum Gasteiger partial charge on any atom is 0.274 e. The molecule has 1 amide bonds. The Kier molecular flexibility index (Phi) is 2.46. The van der Waals surface area contributed by atoms with Crippen LogP contribution in [-0.2, 0) is 0 Å². The van der Waals surface area contributed by atoms with Crippen molar-refractivity contribution >= 4 is 5.91 Å². The molecule has 0 bridgehead atoms. The monoisotopic (exact) mass is 233 g/mol. The second-order valence-electron chi connectivity index (χ2n) is 4.94. The molecule has 1 N–H and O–H groups in total. The summed E-state index contributed by atoms with van der Waals surface area (Å²) >= 11 is 0. The molecule has 0 aliphatic heterocycles. The van der Waals surface area contributed by atoms with E-state index in [2.05, 4.69) is 10.2 Å². The third-order valence-corrected chi connectivity index (χ3v) is 3.30. The van der Waals surface area contributed by atoms with E-state index < -0.39 is 0 Å². The second-order valence-corrected chi connectivity index (χ2v) is 4.94. The van der Waals surface area contributed by atoms with Gasteiger partial charge in [0.15, 0.2) is 0 Å². The summed E-state index contributed by atoms with van der Waals surface area (Å²) in [5.41, 5.74) is 0.0684. The van der Waals surface area contributed by atoms with Crippen LogP contribution in [0.5, 0.6) is 0 Å². The molecule has 17 heavy (non-hydrogen) atoms. The highest BCUT2D eigenvalue weighted by molar-refractivity contribution is 5.92. The minimum atomic E-state index is -0.276. The summed E-state index contributed by atoms with van der Waals surface area (Å²) in [4.78, 5) is 25.1. The van der Waals surface area contributed by atoms with Gasteiger partial charge in [0.2, 0.25) is 0 Å². The van der Waals surface area contributed by atoms with E-state index in [1.807, 2.05) is 4.90 Å². The number of H-pyrrole nitrogens is 1. The quantitative estimate of drug-likeness (QED) is 0.836. The highest BCUT2D eigenvalue weighted by Crippen LogP contribution is 2.35. The van der Waals surface area contributed by atoms with Crippen LogP contribution in [0, 0.1) is 5.92 Å². The number of hydrogen-bond acceptors (Lipinski definition) is 3. The van der Waals surface area contributed by atoms with Crippen molar-refractivity contribution in [3.63, 3.8) is 0 Å². The predicted octanol–water partition coefficient (Wildman–Crippen LogP) is 0.784. The lowest BCUT2D eigenvalue weighted by molar-refractivity contribution is 0.0727. The summed E-state index contributed by atoms with van der Waals surface area (Å²) in [6.07, 6.45) is 4.66. The topological polar surface area (TPSA) is 66.1 Å². The Morgan fingerprint density at radius 1 is 1.35 bits per heavy atom. The van der Waals surface area contributed by atoms with E-state index in [-0.39, 0.29) is 11.5 Å². The van der Waals surface area contributed by atoms with E-state index >= 15 is 0 Å². The van der Waals surface area contributed by atoms with E-state index in [9.17, 15) is 9.59 Å². The summed E-state index contributed by atoms with van der Waals surface area (Å²) in [5.74, 6) is 0.637. The van der Waals surface area contributed by atoms with Gasteiger partial charge in [-0.15, -0.1) is 0 Å². The maximum absolute atomic E-state index is 12.2. The molecule has 1 heterocycles. The Bertz CT molecular complexity index is 468. The smallest absolute Gasteiger partial charge is 0.274 e. The predicted molar refractivity (Wildman–Crippen MR) is 61.6 cm³/mol. The SMILES string of the molecule is O=C(c1ccc(=O)[nH]n1)N(CC1CC1)C1CC1. The number of nitrogens with zero attached hydrogens (tertiary/aromatic N) is 2. The van der Waals surface area contributed by atoms with Crippen LogP contribution in [0.2, 0.25) is 0 Å². The normalized spacial score (nSPS) is 19.1. The molecule has 90 valence electrons. The van der Waals surface area contributed by atoms with Crippen LogP contribution in [0.1, 0.15) is 36.2 Å². The first kappa shape index (κ1) is 10.5. The van der Waals surface area contributed by atoms with Crippen LogP contribution < -0.4 is 5.56 Å². The minimum Gasteiger partial charge on any atom is -0.334 e. The van der Waals surface area contributed by atoms with Crippen molar-refractivity contribution in [2.24, 2.45) is 5.92 Å². The van der Waals surface area contributed by atoms with Gasteiger partial charge in [-0.05, 0) is 37.7 Å². The minimum absolute atomic E-state index is 0.0457. The zero-order valence-electron chi connectivity index (χ0n) is 9.56. The van der Waals surface area contributed by atoms with Crippen molar-refractivity contribution in [3.8, 4) is 0 Å². The summed E-state index contributed by atoms with van der Waals surface area (Å²) < 4.78 is 0. The second kappa shape index (κ2) is 3.98. The molecule has 1 aromatic heterocycles. The van der Waals surface area contributed by atoms with Crippen LogP contribution >= 0.6 is 0 Å². The Morgan fingerprint density at radius 2 is 2.12 bits per heavy atom. The molecule has 0 radical (unpaired) electrons. The van der Waals surface area contributed by atoms with Crippen molar-refractivity contribution in [2.75, 3.05) is 6.54 Å². The molecule has 2 aliphatic carbocycles. The van der Waals surface area contributed by atoms with Gasteiger partial charge in [-0.25, -0.2) is 5.10 Å². The van der Waals surface area contributed by atoms with Crippen molar-refractivity contribution in [3.05, 3.63) is 28.2 Å². The van der Waals surface area contributed by atoms with Crippen molar-refractivity contribution < 1.29 is 4.79 Å². The van der Waals surface area contributed by atoms with E-state index in [0.717, 1.165) is 19.4 Å². The van der Waals surface area contributed by atoms with Gasteiger partial charge in [-0.2, -0.15) is 5.10 Å². The van der Waals surface area contributed by atoms with Crippen LogP contribution in [0.15, 0.2) is 16.9 Å². The molecule has 5 nitrogen and oxygen atoms in total. The first-order chi connectivity index (χ1) is 8.24. The van der Waals surface area contributed by atoms with E-state index in [0.29, 0.717) is 17.7 Å². The molecule has 0 aromatic carbocycles. The lowest BCUT2D eigenvalue weighted by Crippen LogP contribution is -2.35. The van der Waals surface area contributed by atoms with E-state index in [1.54, 1.807) is 0 Å². The average molecular weight is 233 g/mol. The molecule has 3 rings (SSSR count). The zero-order valence-corrected chi connectivity index (χ0v) is 9.56. The molecule has 1 aromatic rings. The summed E-state index contributed by atoms with van der Waals surface area (Å²) in [7, 11) is 0. The number of carbonyl (C=O) groups excluding carboxylic acids is 1. The van der Waals surface area contributed by atoms with Gasteiger partial charge in [-0.1, -0.05) is 0 Å². The number of nitrogens with one attached hydrogen (secondary N) is 1. The molecular formula is C12H15N3O2. The van der Waals surface area contributed by atoms with E-state index in [4.69, 9.17) is 0 Å². The Morgan fingerprint density at radius 3 is 2.65 bits per heavy atom. The molecular weight excluding hydrogens is 218 g/mol. The fourth-order valence-corrected chi connectivity index (χ4v) is 1.97. The molecule has 0 spiro atoms. The van der Waals surface area contributed by atoms with Gasteiger partial charge in [0.25, 0.3) is 11.5 Å². The van der Waals surface area contributed by atoms with Gasteiger partial charge in [-0.3, -0.25) is 9.59 Å². The van der Waals surface area contributed by atoms with Crippen LogP contribution in [-0.4, -0.2) is 33.6 Å². The Labute approximate surface area is 98.8 Å². The first-order valence-electron chi connectivity index (χ1n) is 6.11. The van der Waals surface area contributed by atoms with Gasteiger partial charge < -0.3 is 4.90 Å². The van der Waals surface area contributed by atoms with Gasteiger partial charge in [0, 0.05) is 18.7 Å². The number of carbonyl (C=O) groups is 1.